The molecule has 3 nitrogen and oxygen atoms in total. The fourth-order valence-corrected chi connectivity index (χ4v) is 2.60. The molecule has 0 heterocycles. The van der Waals surface area contributed by atoms with Crippen LogP contribution in [0.1, 0.15) is 24.5 Å². The first-order chi connectivity index (χ1) is 8.90. The summed E-state index contributed by atoms with van der Waals surface area (Å²) in [5, 5.41) is 2.99. The van der Waals surface area contributed by atoms with Gasteiger partial charge in [-0.15, -0.1) is 0 Å². The van der Waals surface area contributed by atoms with Crippen molar-refractivity contribution in [2.45, 2.75) is 31.9 Å². The average molecular weight is 346 g/mol. The van der Waals surface area contributed by atoms with Gasteiger partial charge in [0.25, 0.3) is 0 Å². The molecule has 5 heteroatoms. The first-order valence-corrected chi connectivity index (χ1v) is 8.65. The van der Waals surface area contributed by atoms with Crippen LogP contribution in [0.3, 0.4) is 0 Å². The Morgan fingerprint density at radius 3 is 2.74 bits per heavy atom. The predicted molar refractivity (Wildman–Crippen MR) is 83.7 cm³/mol. The van der Waals surface area contributed by atoms with Crippen molar-refractivity contribution in [3.8, 4) is 0 Å². The van der Waals surface area contributed by atoms with Crippen LogP contribution in [-0.2, 0) is 22.0 Å². The summed E-state index contributed by atoms with van der Waals surface area (Å²) in [6.07, 6.45) is 2.83. The quantitative estimate of drug-likeness (QED) is 0.861. The third-order valence-electron chi connectivity index (χ3n) is 3.10. The van der Waals surface area contributed by atoms with Crippen LogP contribution in [0.2, 0.25) is 0 Å². The van der Waals surface area contributed by atoms with Crippen LogP contribution in [0, 0.1) is 6.92 Å². The van der Waals surface area contributed by atoms with E-state index in [2.05, 4.69) is 21.2 Å². The van der Waals surface area contributed by atoms with E-state index in [1.54, 1.807) is 6.26 Å². The molecule has 106 valence electrons. The lowest BCUT2D eigenvalue weighted by Crippen LogP contribution is -2.28. The summed E-state index contributed by atoms with van der Waals surface area (Å²) in [6.45, 7) is 4.51. The highest BCUT2D eigenvalue weighted by atomic mass is 79.9. The van der Waals surface area contributed by atoms with E-state index < -0.39 is 10.8 Å². The topological polar surface area (TPSA) is 46.2 Å². The Bertz CT molecular complexity index is 477. The first-order valence-electron chi connectivity index (χ1n) is 6.24. The van der Waals surface area contributed by atoms with E-state index >= 15 is 0 Å². The maximum absolute atomic E-state index is 11.8. The van der Waals surface area contributed by atoms with Gasteiger partial charge in [-0.25, -0.2) is 0 Å². The van der Waals surface area contributed by atoms with Crippen molar-refractivity contribution in [1.29, 1.82) is 0 Å². The lowest BCUT2D eigenvalue weighted by molar-refractivity contribution is -0.120. The molecule has 1 rings (SSSR count). The number of halogens is 1. The Balaban J connectivity index is 2.41. The van der Waals surface area contributed by atoms with Crippen molar-refractivity contribution >= 4 is 32.6 Å². The zero-order valence-corrected chi connectivity index (χ0v) is 13.9. The van der Waals surface area contributed by atoms with Gasteiger partial charge in [0, 0.05) is 33.3 Å². The van der Waals surface area contributed by atoms with Crippen LogP contribution in [0.15, 0.2) is 22.7 Å². The molecule has 1 aromatic rings. The van der Waals surface area contributed by atoms with Gasteiger partial charge in [-0.1, -0.05) is 28.9 Å². The maximum atomic E-state index is 11.8. The number of nitrogens with one attached hydrogen (secondary N) is 1. The van der Waals surface area contributed by atoms with E-state index in [-0.39, 0.29) is 11.2 Å². The van der Waals surface area contributed by atoms with Crippen LogP contribution in [0.5, 0.6) is 0 Å². The molecular formula is C14H20BrNO2S. The molecule has 0 aliphatic carbocycles. The lowest BCUT2D eigenvalue weighted by atomic mass is 10.1. The maximum Gasteiger partial charge on any atom is 0.224 e. The van der Waals surface area contributed by atoms with Crippen molar-refractivity contribution in [3.63, 3.8) is 0 Å². The van der Waals surface area contributed by atoms with Gasteiger partial charge in [0.15, 0.2) is 0 Å². The molecule has 0 saturated heterocycles. The van der Waals surface area contributed by atoms with E-state index in [0.717, 1.165) is 22.0 Å². The summed E-state index contributed by atoms with van der Waals surface area (Å²) in [6, 6.07) is 5.91. The van der Waals surface area contributed by atoms with Gasteiger partial charge in [0.2, 0.25) is 5.91 Å². The van der Waals surface area contributed by atoms with Gasteiger partial charge in [0.05, 0.1) is 6.42 Å². The third-order valence-corrected chi connectivity index (χ3v) is 4.96. The standard InChI is InChI=1S/C14H20BrNO2S/c1-10-8-13(15)5-4-12(10)9-14(17)16-7-6-11(2)19(3)18/h4-5,8,11H,6-7,9H2,1-3H3,(H,16,17)/t11-,19+/m1/s1. The molecule has 0 radical (unpaired) electrons. The summed E-state index contributed by atoms with van der Waals surface area (Å²) < 4.78 is 12.2. The van der Waals surface area contributed by atoms with Gasteiger partial charge in [-0.05, 0) is 36.6 Å². The molecule has 0 spiro atoms. The van der Waals surface area contributed by atoms with Crippen molar-refractivity contribution < 1.29 is 9.00 Å². The summed E-state index contributed by atoms with van der Waals surface area (Å²) in [7, 11) is -0.826. The Kier molecular flexibility index (Phi) is 6.72. The van der Waals surface area contributed by atoms with E-state index in [4.69, 9.17) is 0 Å². The Hall–Kier alpha value is -0.680. The summed E-state index contributed by atoms with van der Waals surface area (Å²) in [5.41, 5.74) is 2.14. The van der Waals surface area contributed by atoms with Crippen molar-refractivity contribution in [2.24, 2.45) is 0 Å². The Labute approximate surface area is 125 Å². The van der Waals surface area contributed by atoms with Crippen LogP contribution in [0.25, 0.3) is 0 Å². The Morgan fingerprint density at radius 2 is 2.16 bits per heavy atom. The van der Waals surface area contributed by atoms with Crippen LogP contribution in [-0.4, -0.2) is 28.2 Å². The largest absolute Gasteiger partial charge is 0.356 e. The number of aryl methyl sites for hydroxylation is 1. The van der Waals surface area contributed by atoms with Crippen molar-refractivity contribution in [2.75, 3.05) is 12.8 Å². The summed E-state index contributed by atoms with van der Waals surface area (Å²) in [5.74, 6) is 0.0134. The molecule has 2 atom stereocenters. The van der Waals surface area contributed by atoms with Gasteiger partial charge < -0.3 is 5.32 Å². The van der Waals surface area contributed by atoms with Crippen molar-refractivity contribution in [3.05, 3.63) is 33.8 Å². The molecule has 0 fully saturated rings. The molecule has 0 aliphatic rings. The molecule has 1 N–H and O–H groups in total. The van der Waals surface area contributed by atoms with E-state index in [1.807, 2.05) is 32.0 Å². The Morgan fingerprint density at radius 1 is 1.47 bits per heavy atom. The van der Waals surface area contributed by atoms with Crippen LogP contribution < -0.4 is 5.32 Å². The molecule has 0 aliphatic heterocycles. The molecule has 0 unspecified atom stereocenters. The van der Waals surface area contributed by atoms with E-state index in [9.17, 15) is 9.00 Å². The second kappa shape index (κ2) is 7.80. The van der Waals surface area contributed by atoms with Gasteiger partial charge in [0.1, 0.15) is 0 Å². The highest BCUT2D eigenvalue weighted by molar-refractivity contribution is 9.10. The molecule has 0 saturated carbocycles. The molecular weight excluding hydrogens is 326 g/mol. The number of hydrogen-bond donors (Lipinski definition) is 1. The predicted octanol–water partition coefficient (Wildman–Crippen LogP) is 2.57. The minimum atomic E-state index is -0.826. The van der Waals surface area contributed by atoms with E-state index in [1.165, 1.54) is 0 Å². The molecule has 1 aromatic carbocycles. The number of carbonyl (C=O) groups excluding carboxylic acids is 1. The van der Waals surface area contributed by atoms with Crippen LogP contribution >= 0.6 is 15.9 Å². The van der Waals surface area contributed by atoms with Crippen LogP contribution in [0.4, 0.5) is 0 Å². The number of hydrogen-bond acceptors (Lipinski definition) is 2. The number of benzene rings is 1. The fraction of sp³-hybridized carbons (Fsp3) is 0.500. The number of amides is 1. The van der Waals surface area contributed by atoms with Gasteiger partial charge >= 0.3 is 0 Å². The molecule has 1 amide bonds. The SMILES string of the molecule is Cc1cc(Br)ccc1CC(=O)NCC[C@@H](C)[S@](C)=O. The minimum Gasteiger partial charge on any atom is -0.356 e. The molecule has 0 bridgehead atoms. The fourth-order valence-electron chi connectivity index (χ4n) is 1.67. The molecule has 19 heavy (non-hydrogen) atoms. The zero-order valence-electron chi connectivity index (χ0n) is 11.5. The molecule has 0 aromatic heterocycles. The number of carbonyl (C=O) groups is 1. The van der Waals surface area contributed by atoms with Gasteiger partial charge in [-0.2, -0.15) is 0 Å². The number of rotatable bonds is 6. The first kappa shape index (κ1) is 16.4. The summed E-state index contributed by atoms with van der Waals surface area (Å²) >= 11 is 3.40. The third kappa shape index (κ3) is 5.87. The highest BCUT2D eigenvalue weighted by Gasteiger charge is 2.09. The smallest absolute Gasteiger partial charge is 0.224 e. The highest BCUT2D eigenvalue weighted by Crippen LogP contribution is 2.16. The summed E-state index contributed by atoms with van der Waals surface area (Å²) in [4.78, 5) is 11.8. The lowest BCUT2D eigenvalue weighted by Gasteiger charge is -2.10. The van der Waals surface area contributed by atoms with Crippen molar-refractivity contribution in [1.82, 2.24) is 5.32 Å². The second-order valence-electron chi connectivity index (χ2n) is 4.70. The van der Waals surface area contributed by atoms with Gasteiger partial charge in [-0.3, -0.25) is 9.00 Å². The zero-order chi connectivity index (χ0) is 14.4. The normalized spacial score (nSPS) is 13.9. The minimum absolute atomic E-state index is 0.0134. The average Bonchev–Trinajstić information content (AvgIpc) is 2.32. The van der Waals surface area contributed by atoms with E-state index in [0.29, 0.717) is 13.0 Å². The second-order valence-corrected chi connectivity index (χ2v) is 7.41. The monoisotopic (exact) mass is 345 g/mol.